The number of hydrogen-bond acceptors (Lipinski definition) is 4. The zero-order valence-electron chi connectivity index (χ0n) is 22.3. The molecule has 1 atom stereocenters. The number of carbonyl (C=O) groups is 1. The van der Waals surface area contributed by atoms with E-state index >= 15 is 0 Å². The van der Waals surface area contributed by atoms with Crippen molar-refractivity contribution < 1.29 is 9.53 Å². The van der Waals surface area contributed by atoms with Crippen LogP contribution in [-0.2, 0) is 6.54 Å². The Kier molecular flexibility index (Phi) is 8.26. The molecule has 202 valence electrons. The summed E-state index contributed by atoms with van der Waals surface area (Å²) < 4.78 is 8.14. The third kappa shape index (κ3) is 5.62. The molecule has 5 rings (SSSR count). The van der Waals surface area contributed by atoms with Gasteiger partial charge in [0.05, 0.1) is 29.7 Å². The number of amides is 2. The second-order valence-electron chi connectivity index (χ2n) is 9.27. The van der Waals surface area contributed by atoms with Crippen molar-refractivity contribution >= 4 is 38.6 Å². The normalized spacial score (nSPS) is 11.7. The molecule has 40 heavy (non-hydrogen) atoms. The molecule has 0 saturated heterocycles. The van der Waals surface area contributed by atoms with Crippen LogP contribution in [-0.4, -0.2) is 27.6 Å². The fraction of sp³-hybridized carbons (Fsp3) is 0.156. The lowest BCUT2D eigenvalue weighted by Gasteiger charge is -2.32. The zero-order chi connectivity index (χ0) is 28.1. The number of halogens is 1. The quantitative estimate of drug-likeness (QED) is 0.203. The average Bonchev–Trinajstić information content (AvgIpc) is 2.99. The van der Waals surface area contributed by atoms with Crippen molar-refractivity contribution in [2.45, 2.75) is 25.9 Å². The van der Waals surface area contributed by atoms with Crippen LogP contribution in [0.1, 0.15) is 30.8 Å². The van der Waals surface area contributed by atoms with Crippen LogP contribution >= 0.6 is 15.9 Å². The van der Waals surface area contributed by atoms with E-state index in [1.165, 1.54) is 0 Å². The van der Waals surface area contributed by atoms with Crippen LogP contribution in [0.25, 0.3) is 16.6 Å². The predicted octanol–water partition coefficient (Wildman–Crippen LogP) is 7.34. The molecule has 1 aromatic heterocycles. The van der Waals surface area contributed by atoms with Crippen LogP contribution in [0.2, 0.25) is 0 Å². The number of hydrogen-bond donors (Lipinski definition) is 1. The van der Waals surface area contributed by atoms with Gasteiger partial charge in [0.15, 0.2) is 0 Å². The number of para-hydroxylation sites is 3. The summed E-state index contributed by atoms with van der Waals surface area (Å²) in [5.74, 6) is 0.990. The minimum absolute atomic E-state index is 0.225. The Bertz CT molecular complexity index is 1690. The van der Waals surface area contributed by atoms with Gasteiger partial charge in [-0.1, -0.05) is 77.5 Å². The van der Waals surface area contributed by atoms with Gasteiger partial charge in [0, 0.05) is 16.7 Å². The van der Waals surface area contributed by atoms with Gasteiger partial charge < -0.3 is 15.0 Å². The van der Waals surface area contributed by atoms with Crippen molar-refractivity contribution in [1.29, 1.82) is 0 Å². The molecule has 0 radical (unpaired) electrons. The minimum atomic E-state index is -0.544. The van der Waals surface area contributed by atoms with Crippen LogP contribution in [0, 0.1) is 0 Å². The Hall–Kier alpha value is -4.43. The summed E-state index contributed by atoms with van der Waals surface area (Å²) in [5, 5.41) is 3.52. The number of benzene rings is 4. The van der Waals surface area contributed by atoms with Gasteiger partial charge in [0.1, 0.15) is 11.6 Å². The first kappa shape index (κ1) is 27.1. The fourth-order valence-corrected chi connectivity index (χ4v) is 5.06. The van der Waals surface area contributed by atoms with E-state index in [4.69, 9.17) is 9.72 Å². The van der Waals surface area contributed by atoms with E-state index in [0.29, 0.717) is 46.8 Å². The molecule has 1 unspecified atom stereocenters. The highest BCUT2D eigenvalue weighted by atomic mass is 79.9. The lowest BCUT2D eigenvalue weighted by atomic mass is 10.1. The summed E-state index contributed by atoms with van der Waals surface area (Å²) in [6, 6.07) is 31.0. The number of anilines is 1. The molecule has 8 heteroatoms. The van der Waals surface area contributed by atoms with E-state index in [1.807, 2.05) is 104 Å². The molecule has 4 aromatic carbocycles. The molecule has 2 amide bonds. The lowest BCUT2D eigenvalue weighted by Crippen LogP contribution is -2.40. The maximum atomic E-state index is 14.1. The van der Waals surface area contributed by atoms with Crippen molar-refractivity contribution in [3.05, 3.63) is 129 Å². The van der Waals surface area contributed by atoms with Gasteiger partial charge in [0.25, 0.3) is 5.56 Å². The molecule has 1 N–H and O–H groups in total. The molecule has 0 aliphatic heterocycles. The largest absolute Gasteiger partial charge is 0.495 e. The molecule has 1 heterocycles. The van der Waals surface area contributed by atoms with Crippen molar-refractivity contribution in [3.63, 3.8) is 0 Å². The van der Waals surface area contributed by atoms with Gasteiger partial charge in [-0.3, -0.25) is 9.36 Å². The average molecular weight is 598 g/mol. The van der Waals surface area contributed by atoms with Crippen molar-refractivity contribution in [2.75, 3.05) is 12.4 Å². The summed E-state index contributed by atoms with van der Waals surface area (Å²) in [5.41, 5.74) is 2.53. The smallest absolute Gasteiger partial charge is 0.322 e. The van der Waals surface area contributed by atoms with Gasteiger partial charge in [-0.2, -0.15) is 0 Å². The van der Waals surface area contributed by atoms with Crippen molar-refractivity contribution in [2.24, 2.45) is 0 Å². The summed E-state index contributed by atoms with van der Waals surface area (Å²) in [6.45, 7) is 2.31. The van der Waals surface area contributed by atoms with Crippen LogP contribution in [0.4, 0.5) is 10.5 Å². The van der Waals surface area contributed by atoms with Gasteiger partial charge >= 0.3 is 6.03 Å². The van der Waals surface area contributed by atoms with E-state index in [1.54, 1.807) is 22.6 Å². The van der Waals surface area contributed by atoms with Gasteiger partial charge in [-0.15, -0.1) is 0 Å². The number of ether oxygens (including phenoxy) is 1. The Balaban J connectivity index is 1.70. The number of methoxy groups -OCH3 is 1. The molecule has 7 nitrogen and oxygen atoms in total. The number of aromatic nitrogens is 2. The summed E-state index contributed by atoms with van der Waals surface area (Å²) in [4.78, 5) is 34.8. The monoisotopic (exact) mass is 596 g/mol. The van der Waals surface area contributed by atoms with Crippen LogP contribution in [0.3, 0.4) is 0 Å². The minimum Gasteiger partial charge on any atom is -0.495 e. The molecular formula is C32H29BrN4O3. The molecule has 0 aliphatic rings. The first-order chi connectivity index (χ1) is 19.5. The number of carbonyl (C=O) groups excluding carboxylic acids is 1. The maximum absolute atomic E-state index is 14.1. The van der Waals surface area contributed by atoms with E-state index in [9.17, 15) is 9.59 Å². The number of urea groups is 1. The Morgan fingerprint density at radius 2 is 1.62 bits per heavy atom. The van der Waals surface area contributed by atoms with E-state index in [0.717, 1.165) is 10.0 Å². The topological polar surface area (TPSA) is 76.5 Å². The maximum Gasteiger partial charge on any atom is 0.322 e. The Labute approximate surface area is 241 Å². The van der Waals surface area contributed by atoms with Crippen molar-refractivity contribution in [1.82, 2.24) is 14.5 Å². The molecule has 0 bridgehead atoms. The highest BCUT2D eigenvalue weighted by molar-refractivity contribution is 9.10. The second kappa shape index (κ2) is 12.2. The highest BCUT2D eigenvalue weighted by Gasteiger charge is 2.30. The summed E-state index contributed by atoms with van der Waals surface area (Å²) >= 11 is 3.44. The van der Waals surface area contributed by atoms with Crippen LogP contribution < -0.4 is 15.6 Å². The fourth-order valence-electron chi connectivity index (χ4n) is 4.80. The number of rotatable bonds is 8. The Morgan fingerprint density at radius 1 is 0.950 bits per heavy atom. The molecular weight excluding hydrogens is 568 g/mol. The van der Waals surface area contributed by atoms with Gasteiger partial charge in [0.2, 0.25) is 0 Å². The standard InChI is InChI=1S/C32H29BrN4O3/c1-3-27(36(21-22-11-5-4-6-12-22)32(39)34-24-19-17-23(33)18-20-24)30-35-26-14-8-7-13-25(26)31(38)37(30)28-15-9-10-16-29(28)40-2/h4-20,27H,3,21H2,1-2H3,(H,34,39). The summed E-state index contributed by atoms with van der Waals surface area (Å²) in [6.07, 6.45) is 0.514. The third-order valence-electron chi connectivity index (χ3n) is 6.74. The molecule has 5 aromatic rings. The van der Waals surface area contributed by atoms with Crippen LogP contribution in [0.5, 0.6) is 5.75 Å². The van der Waals surface area contributed by atoms with E-state index < -0.39 is 6.04 Å². The van der Waals surface area contributed by atoms with Gasteiger partial charge in [-0.25, -0.2) is 9.78 Å². The first-order valence-corrected chi connectivity index (χ1v) is 13.8. The van der Waals surface area contributed by atoms with Gasteiger partial charge in [-0.05, 0) is 60.5 Å². The SMILES string of the molecule is CCC(c1nc2ccccc2c(=O)n1-c1ccccc1OC)N(Cc1ccccc1)C(=O)Nc1ccc(Br)cc1. The molecule has 0 saturated carbocycles. The summed E-state index contributed by atoms with van der Waals surface area (Å²) in [7, 11) is 1.57. The lowest BCUT2D eigenvalue weighted by molar-refractivity contribution is 0.177. The van der Waals surface area contributed by atoms with Crippen LogP contribution in [0.15, 0.2) is 112 Å². The first-order valence-electron chi connectivity index (χ1n) is 13.0. The van der Waals surface area contributed by atoms with E-state index in [2.05, 4.69) is 21.2 Å². The third-order valence-corrected chi connectivity index (χ3v) is 7.27. The number of fused-ring (bicyclic) bond motifs is 1. The highest BCUT2D eigenvalue weighted by Crippen LogP contribution is 2.31. The zero-order valence-corrected chi connectivity index (χ0v) is 23.8. The molecule has 0 fully saturated rings. The second-order valence-corrected chi connectivity index (χ2v) is 10.2. The number of nitrogens with one attached hydrogen (secondary N) is 1. The van der Waals surface area contributed by atoms with E-state index in [-0.39, 0.29) is 11.6 Å². The van der Waals surface area contributed by atoms with Crippen molar-refractivity contribution in [3.8, 4) is 11.4 Å². The molecule has 0 aliphatic carbocycles. The number of nitrogens with zero attached hydrogens (tertiary/aromatic N) is 3. The predicted molar refractivity (Wildman–Crippen MR) is 162 cm³/mol. The molecule has 0 spiro atoms. The Morgan fingerprint density at radius 3 is 2.35 bits per heavy atom.